The van der Waals surface area contributed by atoms with Crippen LogP contribution in [-0.4, -0.2) is 17.6 Å². The minimum atomic E-state index is -0.528. The lowest BCUT2D eigenvalue weighted by Crippen LogP contribution is -2.09. The predicted molar refractivity (Wildman–Crippen MR) is 96.6 cm³/mol. The molecule has 0 amide bonds. The summed E-state index contributed by atoms with van der Waals surface area (Å²) in [6.07, 6.45) is 0. The highest BCUT2D eigenvalue weighted by Gasteiger charge is 2.21. The fraction of sp³-hybridized carbons (Fsp3) is 0.211. The first-order chi connectivity index (χ1) is 12.5. The highest BCUT2D eigenvalue weighted by Crippen LogP contribution is 2.32. The number of carbonyl (C=O) groups excluding carboxylic acids is 1. The molecule has 0 saturated carbocycles. The van der Waals surface area contributed by atoms with Crippen molar-refractivity contribution in [3.05, 3.63) is 52.2 Å². The molecule has 7 heteroatoms. The number of benzene rings is 1. The van der Waals surface area contributed by atoms with Crippen LogP contribution in [0.15, 0.2) is 34.7 Å². The highest BCUT2D eigenvalue weighted by atomic mass is 32.1. The number of carbonyl (C=O) groups is 1. The number of thiazole rings is 1. The molecule has 0 bridgehead atoms. The Balaban J connectivity index is 1.87. The molecule has 2 heterocycles. The van der Waals surface area contributed by atoms with Crippen molar-refractivity contribution in [1.29, 1.82) is 5.26 Å². The Kier molecular flexibility index (Phi) is 5.05. The molecule has 0 aliphatic rings. The van der Waals surface area contributed by atoms with Crippen LogP contribution in [0.1, 0.15) is 33.6 Å². The average molecular weight is 368 g/mol. The van der Waals surface area contributed by atoms with Gasteiger partial charge in [-0.05, 0) is 45.0 Å². The standard InChI is InChI=1S/C19H16N2O4S/c1-4-23-16-9-13(10-20)6-8-14(16)25-19(22)17-12(3)21-18(26-17)15-7-5-11(2)24-15/h5-9H,4H2,1-3H3. The Bertz CT molecular complexity index is 997. The number of aromatic nitrogens is 1. The van der Waals surface area contributed by atoms with E-state index in [0.717, 1.165) is 5.76 Å². The summed E-state index contributed by atoms with van der Waals surface area (Å²) in [4.78, 5) is 17.4. The lowest BCUT2D eigenvalue weighted by atomic mass is 10.2. The molecule has 26 heavy (non-hydrogen) atoms. The van der Waals surface area contributed by atoms with Gasteiger partial charge in [-0.1, -0.05) is 0 Å². The molecule has 132 valence electrons. The van der Waals surface area contributed by atoms with Crippen molar-refractivity contribution in [2.75, 3.05) is 6.61 Å². The van der Waals surface area contributed by atoms with Gasteiger partial charge in [0, 0.05) is 6.07 Å². The summed E-state index contributed by atoms with van der Waals surface area (Å²) in [6, 6.07) is 10.4. The molecule has 0 aliphatic heterocycles. The quantitative estimate of drug-likeness (QED) is 0.486. The van der Waals surface area contributed by atoms with Gasteiger partial charge < -0.3 is 13.9 Å². The summed E-state index contributed by atoms with van der Waals surface area (Å²) < 4.78 is 16.5. The molecule has 0 atom stereocenters. The Morgan fingerprint density at radius 1 is 1.27 bits per heavy atom. The summed E-state index contributed by atoms with van der Waals surface area (Å²) in [5.41, 5.74) is 0.994. The molecule has 1 aromatic carbocycles. The van der Waals surface area contributed by atoms with E-state index in [1.165, 1.54) is 11.3 Å². The van der Waals surface area contributed by atoms with Crippen LogP contribution in [0.3, 0.4) is 0 Å². The second kappa shape index (κ2) is 7.42. The van der Waals surface area contributed by atoms with Gasteiger partial charge in [0.15, 0.2) is 22.3 Å². The average Bonchev–Trinajstić information content (AvgIpc) is 3.22. The molecular formula is C19H16N2O4S. The molecule has 0 unspecified atom stereocenters. The highest BCUT2D eigenvalue weighted by molar-refractivity contribution is 7.17. The van der Waals surface area contributed by atoms with E-state index in [0.29, 0.717) is 39.3 Å². The Morgan fingerprint density at radius 2 is 2.08 bits per heavy atom. The van der Waals surface area contributed by atoms with Crippen LogP contribution in [0.25, 0.3) is 10.8 Å². The van der Waals surface area contributed by atoms with E-state index in [2.05, 4.69) is 4.98 Å². The van der Waals surface area contributed by atoms with Crippen LogP contribution in [0.5, 0.6) is 11.5 Å². The summed E-state index contributed by atoms with van der Waals surface area (Å²) in [5.74, 6) is 1.47. The minimum Gasteiger partial charge on any atom is -0.490 e. The summed E-state index contributed by atoms with van der Waals surface area (Å²) in [6.45, 7) is 5.80. The van der Waals surface area contributed by atoms with E-state index in [4.69, 9.17) is 19.2 Å². The number of rotatable bonds is 5. The van der Waals surface area contributed by atoms with Crippen LogP contribution in [0.4, 0.5) is 0 Å². The van der Waals surface area contributed by atoms with Crippen molar-refractivity contribution in [1.82, 2.24) is 4.98 Å². The van der Waals surface area contributed by atoms with E-state index in [-0.39, 0.29) is 5.75 Å². The first-order valence-corrected chi connectivity index (χ1v) is 8.76. The number of furan rings is 1. The van der Waals surface area contributed by atoms with E-state index in [1.807, 2.05) is 32.0 Å². The molecule has 0 N–H and O–H groups in total. The monoisotopic (exact) mass is 368 g/mol. The SMILES string of the molecule is CCOc1cc(C#N)ccc1OC(=O)c1sc(-c2ccc(C)o2)nc1C. The molecule has 3 aromatic rings. The van der Waals surface area contributed by atoms with Gasteiger partial charge in [0.05, 0.1) is 23.9 Å². The maximum Gasteiger partial charge on any atom is 0.355 e. The predicted octanol–water partition coefficient (Wildman–Crippen LogP) is 4.51. The van der Waals surface area contributed by atoms with Crippen LogP contribution in [-0.2, 0) is 0 Å². The first kappa shape index (κ1) is 17.7. The van der Waals surface area contributed by atoms with Crippen LogP contribution in [0, 0.1) is 25.2 Å². The maximum atomic E-state index is 12.6. The summed E-state index contributed by atoms with van der Waals surface area (Å²) in [5, 5.41) is 9.62. The van der Waals surface area contributed by atoms with E-state index in [1.54, 1.807) is 25.1 Å². The third-order valence-corrected chi connectivity index (χ3v) is 4.66. The Hall–Kier alpha value is -3.11. The summed E-state index contributed by atoms with van der Waals surface area (Å²) >= 11 is 1.21. The number of ether oxygens (including phenoxy) is 2. The second-order valence-corrected chi connectivity index (χ2v) is 6.44. The van der Waals surface area contributed by atoms with Crippen molar-refractivity contribution in [3.63, 3.8) is 0 Å². The smallest absolute Gasteiger partial charge is 0.355 e. The topological polar surface area (TPSA) is 85.4 Å². The number of nitrogens with zero attached hydrogens (tertiary/aromatic N) is 2. The molecule has 0 aliphatic carbocycles. The zero-order valence-corrected chi connectivity index (χ0v) is 15.3. The number of hydrogen-bond acceptors (Lipinski definition) is 7. The van der Waals surface area contributed by atoms with Crippen LogP contribution in [0.2, 0.25) is 0 Å². The van der Waals surface area contributed by atoms with Crippen molar-refractivity contribution in [2.45, 2.75) is 20.8 Å². The molecule has 2 aromatic heterocycles. The normalized spacial score (nSPS) is 10.4. The van der Waals surface area contributed by atoms with Crippen molar-refractivity contribution in [3.8, 4) is 28.3 Å². The van der Waals surface area contributed by atoms with Crippen molar-refractivity contribution >= 4 is 17.3 Å². The molecule has 0 spiro atoms. The first-order valence-electron chi connectivity index (χ1n) is 7.95. The van der Waals surface area contributed by atoms with Gasteiger partial charge in [-0.25, -0.2) is 9.78 Å². The van der Waals surface area contributed by atoms with Crippen molar-refractivity contribution < 1.29 is 18.7 Å². The van der Waals surface area contributed by atoms with Gasteiger partial charge in [-0.3, -0.25) is 0 Å². The van der Waals surface area contributed by atoms with Crippen LogP contribution >= 0.6 is 11.3 Å². The number of nitriles is 1. The minimum absolute atomic E-state index is 0.263. The number of aryl methyl sites for hydroxylation is 2. The molecule has 0 fully saturated rings. The fourth-order valence-corrected chi connectivity index (χ4v) is 3.22. The van der Waals surface area contributed by atoms with E-state index >= 15 is 0 Å². The third-order valence-electron chi connectivity index (χ3n) is 3.51. The van der Waals surface area contributed by atoms with Gasteiger partial charge in [0.1, 0.15) is 10.6 Å². The number of esters is 1. The number of hydrogen-bond donors (Lipinski definition) is 0. The van der Waals surface area contributed by atoms with Gasteiger partial charge in [-0.15, -0.1) is 11.3 Å². The Labute approximate surface area is 154 Å². The van der Waals surface area contributed by atoms with E-state index < -0.39 is 5.97 Å². The summed E-state index contributed by atoms with van der Waals surface area (Å²) in [7, 11) is 0. The molecular weight excluding hydrogens is 352 g/mol. The molecule has 0 saturated heterocycles. The maximum absolute atomic E-state index is 12.6. The van der Waals surface area contributed by atoms with Gasteiger partial charge >= 0.3 is 5.97 Å². The fourth-order valence-electron chi connectivity index (χ4n) is 2.32. The zero-order valence-electron chi connectivity index (χ0n) is 14.5. The molecule has 3 rings (SSSR count). The van der Waals surface area contributed by atoms with Crippen LogP contribution < -0.4 is 9.47 Å². The lowest BCUT2D eigenvalue weighted by Gasteiger charge is -2.10. The Morgan fingerprint density at radius 3 is 2.73 bits per heavy atom. The molecule has 6 nitrogen and oxygen atoms in total. The van der Waals surface area contributed by atoms with Gasteiger partial charge in [0.25, 0.3) is 0 Å². The largest absolute Gasteiger partial charge is 0.490 e. The van der Waals surface area contributed by atoms with E-state index in [9.17, 15) is 4.79 Å². The van der Waals surface area contributed by atoms with Gasteiger partial charge in [-0.2, -0.15) is 5.26 Å². The lowest BCUT2D eigenvalue weighted by molar-refractivity contribution is 0.0732. The third kappa shape index (κ3) is 3.60. The second-order valence-electron chi connectivity index (χ2n) is 5.44. The van der Waals surface area contributed by atoms with Gasteiger partial charge in [0.2, 0.25) is 0 Å². The molecule has 0 radical (unpaired) electrons. The van der Waals surface area contributed by atoms with Crippen molar-refractivity contribution in [2.24, 2.45) is 0 Å². The zero-order chi connectivity index (χ0) is 18.7.